The van der Waals surface area contributed by atoms with Crippen molar-refractivity contribution in [3.8, 4) is 17.4 Å². The van der Waals surface area contributed by atoms with Gasteiger partial charge in [0.05, 0.1) is 18.6 Å². The van der Waals surface area contributed by atoms with Crippen LogP contribution in [0.1, 0.15) is 11.1 Å². The highest BCUT2D eigenvalue weighted by Crippen LogP contribution is 2.26. The number of carbonyl (C=O) groups excluding carboxylic acids is 1. The van der Waals surface area contributed by atoms with Gasteiger partial charge in [0.25, 0.3) is 0 Å². The molecule has 4 rings (SSSR count). The second-order valence-corrected chi connectivity index (χ2v) is 8.07. The lowest BCUT2D eigenvalue weighted by Crippen LogP contribution is -2.15. The van der Waals surface area contributed by atoms with Crippen LogP contribution in [0, 0.1) is 13.8 Å². The average Bonchev–Trinajstić information content (AvgIpc) is 3.41. The van der Waals surface area contributed by atoms with Gasteiger partial charge in [0.2, 0.25) is 11.9 Å². The topological polar surface area (TPSA) is 74.0 Å². The van der Waals surface area contributed by atoms with Crippen LogP contribution in [0.4, 0.5) is 5.69 Å². The SMILES string of the molecule is COc1cccc(-n2c(SCC(=O)Nc3cc(C)cc(C)c3)nnc2-n2cccc2)c1. The van der Waals surface area contributed by atoms with Crippen molar-refractivity contribution < 1.29 is 9.53 Å². The fourth-order valence-corrected chi connectivity index (χ4v) is 4.09. The third-order valence-corrected chi connectivity index (χ3v) is 5.53. The molecule has 4 aromatic rings. The number of anilines is 1. The molecule has 8 heteroatoms. The van der Waals surface area contributed by atoms with Crippen LogP contribution in [0.5, 0.6) is 5.75 Å². The van der Waals surface area contributed by atoms with E-state index in [4.69, 9.17) is 4.74 Å². The molecule has 0 saturated carbocycles. The standard InChI is InChI=1S/C23H23N5O2S/c1-16-11-17(2)13-18(12-16)24-21(29)15-31-23-26-25-22(27-9-4-5-10-27)28(23)19-7-6-8-20(14-19)30-3/h4-14H,15H2,1-3H3,(H,24,29). The lowest BCUT2D eigenvalue weighted by molar-refractivity contribution is -0.113. The summed E-state index contributed by atoms with van der Waals surface area (Å²) in [6, 6.07) is 17.5. The molecule has 7 nitrogen and oxygen atoms in total. The molecule has 158 valence electrons. The van der Waals surface area contributed by atoms with Gasteiger partial charge in [-0.25, -0.2) is 0 Å². The van der Waals surface area contributed by atoms with Gasteiger partial charge in [-0.05, 0) is 61.4 Å². The van der Waals surface area contributed by atoms with Crippen LogP contribution in [0.3, 0.4) is 0 Å². The molecule has 0 spiro atoms. The molecule has 1 N–H and O–H groups in total. The number of carbonyl (C=O) groups is 1. The largest absolute Gasteiger partial charge is 0.497 e. The minimum atomic E-state index is -0.0993. The third-order valence-electron chi connectivity index (χ3n) is 4.60. The first-order valence-electron chi connectivity index (χ1n) is 9.77. The van der Waals surface area contributed by atoms with Crippen LogP contribution >= 0.6 is 11.8 Å². The molecule has 2 aromatic carbocycles. The molecule has 0 aliphatic carbocycles. The molecule has 31 heavy (non-hydrogen) atoms. The van der Waals surface area contributed by atoms with Crippen LogP contribution in [0.15, 0.2) is 72.1 Å². The van der Waals surface area contributed by atoms with Crippen LogP contribution < -0.4 is 10.1 Å². The van der Waals surface area contributed by atoms with Gasteiger partial charge in [-0.2, -0.15) is 0 Å². The van der Waals surface area contributed by atoms with Crippen LogP contribution in [0.2, 0.25) is 0 Å². The highest BCUT2D eigenvalue weighted by Gasteiger charge is 2.17. The van der Waals surface area contributed by atoms with E-state index in [1.54, 1.807) is 7.11 Å². The number of amides is 1. The summed E-state index contributed by atoms with van der Waals surface area (Å²) in [7, 11) is 1.63. The van der Waals surface area contributed by atoms with Gasteiger partial charge in [0.15, 0.2) is 5.16 Å². The van der Waals surface area contributed by atoms with Gasteiger partial charge < -0.3 is 10.1 Å². The molecule has 0 fully saturated rings. The summed E-state index contributed by atoms with van der Waals surface area (Å²) >= 11 is 1.33. The lowest BCUT2D eigenvalue weighted by Gasteiger charge is -2.12. The number of rotatable bonds is 7. The number of ether oxygens (including phenoxy) is 1. The molecule has 0 radical (unpaired) electrons. The normalized spacial score (nSPS) is 10.8. The molecule has 0 saturated heterocycles. The van der Waals surface area contributed by atoms with Gasteiger partial charge >= 0.3 is 0 Å². The molecule has 1 amide bonds. The Labute approximate surface area is 185 Å². The van der Waals surface area contributed by atoms with Gasteiger partial charge in [0.1, 0.15) is 5.75 Å². The van der Waals surface area contributed by atoms with Crippen molar-refractivity contribution in [1.29, 1.82) is 0 Å². The summed E-state index contributed by atoms with van der Waals surface area (Å²) in [6.07, 6.45) is 3.81. The maximum atomic E-state index is 12.6. The van der Waals surface area contributed by atoms with Gasteiger partial charge in [-0.15, -0.1) is 10.2 Å². The first kappa shape index (κ1) is 20.7. The van der Waals surface area contributed by atoms with E-state index in [1.807, 2.05) is 83.9 Å². The third kappa shape index (κ3) is 4.80. The number of hydrogen-bond donors (Lipinski definition) is 1. The fraction of sp³-hybridized carbons (Fsp3) is 0.174. The summed E-state index contributed by atoms with van der Waals surface area (Å²) in [5, 5.41) is 12.3. The number of benzene rings is 2. The van der Waals surface area contributed by atoms with E-state index in [1.165, 1.54) is 11.8 Å². The Morgan fingerprint density at radius 2 is 1.77 bits per heavy atom. The van der Waals surface area contributed by atoms with Crippen molar-refractivity contribution in [2.75, 3.05) is 18.2 Å². The van der Waals surface area contributed by atoms with Gasteiger partial charge in [-0.3, -0.25) is 13.9 Å². The fourth-order valence-electron chi connectivity index (χ4n) is 3.34. The summed E-state index contributed by atoms with van der Waals surface area (Å²) < 4.78 is 9.17. The Morgan fingerprint density at radius 3 is 2.48 bits per heavy atom. The van der Waals surface area contributed by atoms with Crippen molar-refractivity contribution in [2.24, 2.45) is 0 Å². The highest BCUT2D eigenvalue weighted by atomic mass is 32.2. The number of thioether (sulfide) groups is 1. The maximum absolute atomic E-state index is 12.6. The van der Waals surface area contributed by atoms with E-state index in [0.29, 0.717) is 11.1 Å². The second kappa shape index (κ2) is 9.09. The van der Waals surface area contributed by atoms with E-state index in [9.17, 15) is 4.79 Å². The number of nitrogens with zero attached hydrogens (tertiary/aromatic N) is 4. The van der Waals surface area contributed by atoms with Crippen molar-refractivity contribution >= 4 is 23.4 Å². The number of aryl methyl sites for hydroxylation is 2. The van der Waals surface area contributed by atoms with Crippen LogP contribution in [-0.4, -0.2) is 38.1 Å². The summed E-state index contributed by atoms with van der Waals surface area (Å²) in [5.74, 6) is 1.47. The zero-order chi connectivity index (χ0) is 21.8. The molecular weight excluding hydrogens is 410 g/mol. The summed E-state index contributed by atoms with van der Waals surface area (Å²) in [4.78, 5) is 12.6. The number of hydrogen-bond acceptors (Lipinski definition) is 5. The summed E-state index contributed by atoms with van der Waals surface area (Å²) in [6.45, 7) is 4.02. The molecule has 0 unspecified atom stereocenters. The zero-order valence-electron chi connectivity index (χ0n) is 17.6. The molecule has 2 aromatic heterocycles. The Kier molecular flexibility index (Phi) is 6.08. The molecular formula is C23H23N5O2S. The van der Waals surface area contributed by atoms with Gasteiger partial charge in [-0.1, -0.05) is 23.9 Å². The number of nitrogens with one attached hydrogen (secondary N) is 1. The van der Waals surface area contributed by atoms with E-state index in [-0.39, 0.29) is 11.7 Å². The predicted molar refractivity (Wildman–Crippen MR) is 123 cm³/mol. The smallest absolute Gasteiger partial charge is 0.240 e. The molecule has 0 atom stereocenters. The van der Waals surface area contributed by atoms with Crippen LogP contribution in [0.25, 0.3) is 11.6 Å². The van der Waals surface area contributed by atoms with E-state index in [2.05, 4.69) is 21.6 Å². The number of methoxy groups -OCH3 is 1. The van der Waals surface area contributed by atoms with Gasteiger partial charge in [0, 0.05) is 24.1 Å². The first-order chi connectivity index (χ1) is 15.0. The Bertz CT molecular complexity index is 1180. The first-order valence-corrected chi connectivity index (χ1v) is 10.8. The molecule has 0 aliphatic rings. The highest BCUT2D eigenvalue weighted by molar-refractivity contribution is 7.99. The molecule has 2 heterocycles. The minimum Gasteiger partial charge on any atom is -0.497 e. The zero-order valence-corrected chi connectivity index (χ0v) is 18.4. The van der Waals surface area contributed by atoms with Crippen molar-refractivity contribution in [3.63, 3.8) is 0 Å². The van der Waals surface area contributed by atoms with E-state index in [0.717, 1.165) is 28.3 Å². The minimum absolute atomic E-state index is 0.0993. The Balaban J connectivity index is 1.58. The van der Waals surface area contributed by atoms with Crippen LogP contribution in [-0.2, 0) is 4.79 Å². The number of aromatic nitrogens is 4. The maximum Gasteiger partial charge on any atom is 0.240 e. The second-order valence-electron chi connectivity index (χ2n) is 7.12. The Hall–Kier alpha value is -3.52. The average molecular weight is 434 g/mol. The lowest BCUT2D eigenvalue weighted by atomic mass is 10.1. The molecule has 0 bridgehead atoms. The van der Waals surface area contributed by atoms with Crippen molar-refractivity contribution in [2.45, 2.75) is 19.0 Å². The Morgan fingerprint density at radius 1 is 1.03 bits per heavy atom. The van der Waals surface area contributed by atoms with E-state index >= 15 is 0 Å². The predicted octanol–water partition coefficient (Wildman–Crippen LogP) is 4.41. The van der Waals surface area contributed by atoms with E-state index < -0.39 is 0 Å². The van der Waals surface area contributed by atoms with Crippen molar-refractivity contribution in [3.05, 3.63) is 78.1 Å². The summed E-state index contributed by atoms with van der Waals surface area (Å²) in [5.41, 5.74) is 3.87. The molecule has 0 aliphatic heterocycles. The quantitative estimate of drug-likeness (QED) is 0.437. The van der Waals surface area contributed by atoms with Crippen molar-refractivity contribution in [1.82, 2.24) is 19.3 Å². The monoisotopic (exact) mass is 433 g/mol.